The molecule has 3 N–H and O–H groups in total. The first-order valence-electron chi connectivity index (χ1n) is 4.17. The van der Waals surface area contributed by atoms with Crippen LogP contribution in [0.25, 0.3) is 0 Å². The Hall–Kier alpha value is -0.170. The summed E-state index contributed by atoms with van der Waals surface area (Å²) in [5, 5.41) is 16.9. The highest BCUT2D eigenvalue weighted by molar-refractivity contribution is 7.86. The molecule has 1 rings (SSSR count). The molecule has 1 aliphatic carbocycles. The van der Waals surface area contributed by atoms with Gasteiger partial charge in [-0.15, -0.1) is 0 Å². The van der Waals surface area contributed by atoms with Gasteiger partial charge in [-0.1, -0.05) is 0 Å². The summed E-state index contributed by atoms with van der Waals surface area (Å²) in [6, 6.07) is 0. The normalized spacial score (nSPS) is 28.9. The van der Waals surface area contributed by atoms with Gasteiger partial charge < -0.3 is 10.2 Å². The molecule has 0 aromatic rings. The zero-order valence-electron chi connectivity index (χ0n) is 7.13. The van der Waals surface area contributed by atoms with E-state index in [-0.39, 0.29) is 25.0 Å². The summed E-state index contributed by atoms with van der Waals surface area (Å²) in [7, 11) is -3.91. The Bertz CT molecular complexity index is 250. The van der Waals surface area contributed by atoms with Crippen molar-refractivity contribution >= 4 is 10.1 Å². The molecule has 0 atom stereocenters. The third-order valence-electron chi connectivity index (χ3n) is 2.69. The summed E-state index contributed by atoms with van der Waals surface area (Å²) in [6.07, 6.45) is 0.676. The smallest absolute Gasteiger partial charge is 0.267 e. The van der Waals surface area contributed by atoms with Gasteiger partial charge in [-0.25, -0.2) is 0 Å². The van der Waals surface area contributed by atoms with Crippen LogP contribution in [0.1, 0.15) is 12.8 Å². The lowest BCUT2D eigenvalue weighted by Crippen LogP contribution is -2.41. The lowest BCUT2D eigenvalue weighted by atomic mass is 9.76. The molecule has 1 aliphatic rings. The van der Waals surface area contributed by atoms with Crippen molar-refractivity contribution in [1.29, 1.82) is 0 Å². The molecular weight excluding hydrogens is 196 g/mol. The Kier molecular flexibility index (Phi) is 3.28. The lowest BCUT2D eigenvalue weighted by Gasteiger charge is -2.37. The summed E-state index contributed by atoms with van der Waals surface area (Å²) in [6.45, 7) is -0.279. The molecule has 0 aliphatic heterocycles. The van der Waals surface area contributed by atoms with E-state index in [4.69, 9.17) is 14.8 Å². The van der Waals surface area contributed by atoms with E-state index in [0.717, 1.165) is 0 Å². The zero-order chi connectivity index (χ0) is 10.1. The minimum Gasteiger partial charge on any atom is -0.396 e. The molecule has 1 fully saturated rings. The molecule has 0 amide bonds. The van der Waals surface area contributed by atoms with E-state index in [9.17, 15) is 8.42 Å². The Morgan fingerprint density at radius 2 is 1.69 bits per heavy atom. The summed E-state index contributed by atoms with van der Waals surface area (Å²) in [5.41, 5.74) is 0. The van der Waals surface area contributed by atoms with Gasteiger partial charge in [0.2, 0.25) is 0 Å². The Labute approximate surface area is 77.1 Å². The van der Waals surface area contributed by atoms with Crippen LogP contribution in [0.2, 0.25) is 0 Å². The number of rotatable bonds is 4. The predicted molar refractivity (Wildman–Crippen MR) is 45.7 cm³/mol. The fourth-order valence-corrected chi connectivity index (χ4v) is 2.57. The van der Waals surface area contributed by atoms with Gasteiger partial charge in [0.05, 0.1) is 5.25 Å². The quantitative estimate of drug-likeness (QED) is 0.531. The second-order valence-electron chi connectivity index (χ2n) is 3.49. The van der Waals surface area contributed by atoms with E-state index >= 15 is 0 Å². The first-order chi connectivity index (χ1) is 5.99. The van der Waals surface area contributed by atoms with E-state index < -0.39 is 15.4 Å². The van der Waals surface area contributed by atoms with E-state index in [1.807, 2.05) is 0 Å². The van der Waals surface area contributed by atoms with Crippen LogP contribution < -0.4 is 0 Å². The molecule has 0 unspecified atom stereocenters. The second-order valence-corrected chi connectivity index (χ2v) is 5.19. The van der Waals surface area contributed by atoms with Crippen molar-refractivity contribution in [2.45, 2.75) is 18.1 Å². The van der Waals surface area contributed by atoms with Crippen LogP contribution >= 0.6 is 0 Å². The van der Waals surface area contributed by atoms with Crippen LogP contribution in [0.3, 0.4) is 0 Å². The minimum absolute atomic E-state index is 0.0157. The van der Waals surface area contributed by atoms with Gasteiger partial charge in [0.1, 0.15) is 0 Å². The van der Waals surface area contributed by atoms with Crippen LogP contribution in [0, 0.1) is 11.8 Å². The average Bonchev–Trinajstić information content (AvgIpc) is 1.92. The van der Waals surface area contributed by atoms with Crippen LogP contribution in [0.4, 0.5) is 0 Å². The third kappa shape index (κ3) is 2.40. The molecule has 13 heavy (non-hydrogen) atoms. The van der Waals surface area contributed by atoms with Gasteiger partial charge in [0, 0.05) is 19.1 Å². The Morgan fingerprint density at radius 1 is 1.23 bits per heavy atom. The molecule has 0 aromatic carbocycles. The third-order valence-corrected chi connectivity index (χ3v) is 3.92. The Balaban J connectivity index is 2.41. The molecule has 0 radical (unpaired) electrons. The summed E-state index contributed by atoms with van der Waals surface area (Å²) in [4.78, 5) is 0. The van der Waals surface area contributed by atoms with Crippen LogP contribution in [-0.4, -0.2) is 41.6 Å². The van der Waals surface area contributed by atoms with Gasteiger partial charge in [-0.2, -0.15) is 8.42 Å². The SMILES string of the molecule is O=S(=O)(O)C1CC(C(CO)CO)C1. The monoisotopic (exact) mass is 210 g/mol. The van der Waals surface area contributed by atoms with Gasteiger partial charge in [0.25, 0.3) is 10.1 Å². The minimum atomic E-state index is -3.91. The molecule has 0 aromatic heterocycles. The highest BCUT2D eigenvalue weighted by Gasteiger charge is 2.41. The predicted octanol–water partition coefficient (Wildman–Crippen LogP) is -0.746. The molecule has 1 saturated carbocycles. The summed E-state index contributed by atoms with van der Waals surface area (Å²) >= 11 is 0. The zero-order valence-corrected chi connectivity index (χ0v) is 7.94. The number of aliphatic hydroxyl groups excluding tert-OH is 2. The van der Waals surface area contributed by atoms with Crippen molar-refractivity contribution in [2.75, 3.05) is 13.2 Å². The maximum atomic E-state index is 10.6. The van der Waals surface area contributed by atoms with Crippen LogP contribution in [-0.2, 0) is 10.1 Å². The fraction of sp³-hybridized carbons (Fsp3) is 1.00. The van der Waals surface area contributed by atoms with Crippen molar-refractivity contribution in [3.05, 3.63) is 0 Å². The fourth-order valence-electron chi connectivity index (χ4n) is 1.59. The maximum absolute atomic E-state index is 10.6. The number of hydrogen-bond donors (Lipinski definition) is 3. The molecule has 0 bridgehead atoms. The maximum Gasteiger partial charge on any atom is 0.267 e. The van der Waals surface area contributed by atoms with E-state index in [1.54, 1.807) is 0 Å². The molecular formula is C7H14O5S. The lowest BCUT2D eigenvalue weighted by molar-refractivity contribution is 0.0708. The highest BCUT2D eigenvalue weighted by atomic mass is 32.2. The van der Waals surface area contributed by atoms with Gasteiger partial charge in [-0.3, -0.25) is 4.55 Å². The van der Waals surface area contributed by atoms with E-state index in [0.29, 0.717) is 12.8 Å². The molecule has 0 spiro atoms. The van der Waals surface area contributed by atoms with Crippen LogP contribution in [0.15, 0.2) is 0 Å². The van der Waals surface area contributed by atoms with Crippen molar-refractivity contribution in [3.63, 3.8) is 0 Å². The summed E-state index contributed by atoms with van der Waals surface area (Å²) in [5.74, 6) is -0.236. The van der Waals surface area contributed by atoms with Crippen molar-refractivity contribution < 1.29 is 23.2 Å². The second kappa shape index (κ2) is 3.91. The molecule has 0 heterocycles. The Morgan fingerprint density at radius 3 is 2.00 bits per heavy atom. The highest BCUT2D eigenvalue weighted by Crippen LogP contribution is 2.37. The largest absolute Gasteiger partial charge is 0.396 e. The van der Waals surface area contributed by atoms with E-state index in [1.165, 1.54) is 0 Å². The van der Waals surface area contributed by atoms with Gasteiger partial charge in [-0.05, 0) is 18.8 Å². The molecule has 6 heteroatoms. The molecule has 5 nitrogen and oxygen atoms in total. The van der Waals surface area contributed by atoms with Crippen LogP contribution in [0.5, 0.6) is 0 Å². The first-order valence-corrected chi connectivity index (χ1v) is 5.67. The van der Waals surface area contributed by atoms with Gasteiger partial charge >= 0.3 is 0 Å². The van der Waals surface area contributed by atoms with Gasteiger partial charge in [0.15, 0.2) is 0 Å². The average molecular weight is 210 g/mol. The van der Waals surface area contributed by atoms with Crippen molar-refractivity contribution in [1.82, 2.24) is 0 Å². The number of aliphatic hydroxyl groups is 2. The standard InChI is InChI=1S/C7H14O5S/c8-3-6(4-9)5-1-7(2-5)13(10,11)12/h5-9H,1-4H2,(H,10,11,12). The number of hydrogen-bond acceptors (Lipinski definition) is 4. The topological polar surface area (TPSA) is 94.8 Å². The van der Waals surface area contributed by atoms with Crippen molar-refractivity contribution in [2.24, 2.45) is 11.8 Å². The molecule has 78 valence electrons. The van der Waals surface area contributed by atoms with Crippen molar-refractivity contribution in [3.8, 4) is 0 Å². The van der Waals surface area contributed by atoms with E-state index in [2.05, 4.69) is 0 Å². The summed E-state index contributed by atoms with van der Waals surface area (Å²) < 4.78 is 29.8. The molecule has 0 saturated heterocycles. The first kappa shape index (κ1) is 10.9.